The van der Waals surface area contributed by atoms with Crippen LogP contribution in [0.3, 0.4) is 0 Å². The molecule has 0 saturated carbocycles. The van der Waals surface area contributed by atoms with E-state index in [1.165, 1.54) is 16.8 Å². The summed E-state index contributed by atoms with van der Waals surface area (Å²) in [5.74, 6) is 0.558. The normalized spacial score (nSPS) is 10.9. The molecular weight excluding hydrogens is 182 g/mol. The molecule has 0 fully saturated rings. The zero-order valence-electron chi connectivity index (χ0n) is 9.57. The van der Waals surface area contributed by atoms with E-state index in [0.717, 1.165) is 0 Å². The van der Waals surface area contributed by atoms with Gasteiger partial charge in [0.2, 0.25) is 0 Å². The lowest BCUT2D eigenvalue weighted by molar-refractivity contribution is 0.846. The zero-order chi connectivity index (χ0) is 10.8. The summed E-state index contributed by atoms with van der Waals surface area (Å²) in [6.07, 6.45) is 4.20. The smallest absolute Gasteiger partial charge is 0.0486 e. The first kappa shape index (κ1) is 10.0. The Morgan fingerprint density at radius 3 is 2.33 bits per heavy atom. The van der Waals surface area contributed by atoms with Crippen molar-refractivity contribution in [3.8, 4) is 5.69 Å². The number of hydrogen-bond donors (Lipinski definition) is 0. The van der Waals surface area contributed by atoms with E-state index in [1.54, 1.807) is 0 Å². The highest BCUT2D eigenvalue weighted by molar-refractivity contribution is 5.45. The van der Waals surface area contributed by atoms with E-state index in [9.17, 15) is 0 Å². The van der Waals surface area contributed by atoms with Crippen molar-refractivity contribution in [2.24, 2.45) is 0 Å². The van der Waals surface area contributed by atoms with Crippen molar-refractivity contribution in [2.75, 3.05) is 0 Å². The lowest BCUT2D eigenvalue weighted by Crippen LogP contribution is -1.99. The number of nitrogens with zero attached hydrogens (tertiary/aromatic N) is 1. The minimum Gasteiger partial charge on any atom is -0.324 e. The fourth-order valence-electron chi connectivity index (χ4n) is 1.86. The second-order valence-corrected chi connectivity index (χ2v) is 4.31. The summed E-state index contributed by atoms with van der Waals surface area (Å²) in [6, 6.07) is 10.8. The molecule has 1 nitrogen and oxygen atoms in total. The molecule has 0 atom stereocenters. The molecule has 0 bridgehead atoms. The van der Waals surface area contributed by atoms with Crippen molar-refractivity contribution >= 4 is 0 Å². The highest BCUT2D eigenvalue weighted by Crippen LogP contribution is 2.24. The summed E-state index contributed by atoms with van der Waals surface area (Å²) in [7, 11) is 0. The molecule has 0 saturated heterocycles. The largest absolute Gasteiger partial charge is 0.324 e. The van der Waals surface area contributed by atoms with E-state index in [4.69, 9.17) is 0 Å². The van der Waals surface area contributed by atoms with Gasteiger partial charge in [0, 0.05) is 18.1 Å². The molecular formula is C14H17N. The van der Waals surface area contributed by atoms with Crippen LogP contribution >= 0.6 is 0 Å². The van der Waals surface area contributed by atoms with Gasteiger partial charge >= 0.3 is 0 Å². The Labute approximate surface area is 91.4 Å². The standard InChI is InChI=1S/C14H17N/c1-11(2)13-7-6-12(3)10-14(13)15-8-4-5-9-15/h4-11H,1-3H3. The first-order valence-corrected chi connectivity index (χ1v) is 5.42. The minimum absolute atomic E-state index is 0.558. The van der Waals surface area contributed by atoms with Gasteiger partial charge in [0.05, 0.1) is 0 Å². The summed E-state index contributed by atoms with van der Waals surface area (Å²) >= 11 is 0. The molecule has 1 aromatic carbocycles. The van der Waals surface area contributed by atoms with Crippen molar-refractivity contribution in [2.45, 2.75) is 26.7 Å². The van der Waals surface area contributed by atoms with E-state index >= 15 is 0 Å². The number of aromatic nitrogens is 1. The maximum Gasteiger partial charge on any atom is 0.0486 e. The third-order valence-electron chi connectivity index (χ3n) is 2.69. The molecule has 2 rings (SSSR count). The number of rotatable bonds is 2. The minimum atomic E-state index is 0.558. The second-order valence-electron chi connectivity index (χ2n) is 4.31. The van der Waals surface area contributed by atoms with Gasteiger partial charge in [0.15, 0.2) is 0 Å². The third-order valence-corrected chi connectivity index (χ3v) is 2.69. The Hall–Kier alpha value is -1.50. The Bertz CT molecular complexity index is 438. The lowest BCUT2D eigenvalue weighted by Gasteiger charge is -2.14. The molecule has 0 N–H and O–H groups in total. The Balaban J connectivity index is 2.58. The molecule has 0 radical (unpaired) electrons. The third kappa shape index (κ3) is 1.96. The van der Waals surface area contributed by atoms with Crippen molar-refractivity contribution in [1.29, 1.82) is 0 Å². The van der Waals surface area contributed by atoms with E-state index in [1.807, 2.05) is 0 Å². The van der Waals surface area contributed by atoms with Gasteiger partial charge in [0.25, 0.3) is 0 Å². The summed E-state index contributed by atoms with van der Waals surface area (Å²) < 4.78 is 2.18. The predicted molar refractivity (Wildman–Crippen MR) is 64.6 cm³/mol. The Morgan fingerprint density at radius 1 is 1.07 bits per heavy atom. The molecule has 78 valence electrons. The fraction of sp³-hybridized carbons (Fsp3) is 0.286. The molecule has 1 heteroatoms. The van der Waals surface area contributed by atoms with Gasteiger partial charge in [-0.15, -0.1) is 0 Å². The van der Waals surface area contributed by atoms with Gasteiger partial charge in [-0.25, -0.2) is 0 Å². The van der Waals surface area contributed by atoms with Crippen LogP contribution in [0.15, 0.2) is 42.7 Å². The first-order chi connectivity index (χ1) is 7.18. The average molecular weight is 199 g/mol. The van der Waals surface area contributed by atoms with Gasteiger partial charge < -0.3 is 4.57 Å². The summed E-state index contributed by atoms with van der Waals surface area (Å²) in [5, 5.41) is 0. The van der Waals surface area contributed by atoms with Crippen LogP contribution in [0.25, 0.3) is 5.69 Å². The predicted octanol–water partition coefficient (Wildman–Crippen LogP) is 3.91. The highest BCUT2D eigenvalue weighted by atomic mass is 14.9. The number of benzene rings is 1. The molecule has 0 amide bonds. The van der Waals surface area contributed by atoms with Crippen LogP contribution in [0.1, 0.15) is 30.9 Å². The molecule has 0 unspecified atom stereocenters. The van der Waals surface area contributed by atoms with Crippen molar-refractivity contribution in [3.05, 3.63) is 53.9 Å². The van der Waals surface area contributed by atoms with Gasteiger partial charge in [0.1, 0.15) is 0 Å². The average Bonchev–Trinajstić information content (AvgIpc) is 2.69. The maximum atomic E-state index is 2.25. The summed E-state index contributed by atoms with van der Waals surface area (Å²) in [4.78, 5) is 0. The molecule has 0 aliphatic carbocycles. The van der Waals surface area contributed by atoms with Crippen LogP contribution in [0.2, 0.25) is 0 Å². The van der Waals surface area contributed by atoms with Crippen LogP contribution in [0, 0.1) is 6.92 Å². The van der Waals surface area contributed by atoms with E-state index in [-0.39, 0.29) is 0 Å². The topological polar surface area (TPSA) is 4.93 Å². The zero-order valence-corrected chi connectivity index (χ0v) is 9.57. The Kier molecular flexibility index (Phi) is 2.63. The van der Waals surface area contributed by atoms with Crippen molar-refractivity contribution in [1.82, 2.24) is 4.57 Å². The molecule has 15 heavy (non-hydrogen) atoms. The first-order valence-electron chi connectivity index (χ1n) is 5.42. The van der Waals surface area contributed by atoms with E-state index < -0.39 is 0 Å². The highest BCUT2D eigenvalue weighted by Gasteiger charge is 2.07. The monoisotopic (exact) mass is 199 g/mol. The van der Waals surface area contributed by atoms with Crippen LogP contribution in [0.4, 0.5) is 0 Å². The number of hydrogen-bond acceptors (Lipinski definition) is 0. The SMILES string of the molecule is Cc1ccc(C(C)C)c(-n2cccc2)c1. The number of aryl methyl sites for hydroxylation is 1. The fourth-order valence-corrected chi connectivity index (χ4v) is 1.86. The molecule has 1 heterocycles. The van der Waals surface area contributed by atoms with Crippen molar-refractivity contribution < 1.29 is 0 Å². The molecule has 0 spiro atoms. The van der Waals surface area contributed by atoms with E-state index in [2.05, 4.69) is 68.1 Å². The molecule has 0 aliphatic heterocycles. The maximum absolute atomic E-state index is 2.25. The Morgan fingerprint density at radius 2 is 1.73 bits per heavy atom. The van der Waals surface area contributed by atoms with Crippen LogP contribution in [0.5, 0.6) is 0 Å². The van der Waals surface area contributed by atoms with Crippen LogP contribution in [-0.2, 0) is 0 Å². The van der Waals surface area contributed by atoms with Crippen LogP contribution in [-0.4, -0.2) is 4.57 Å². The van der Waals surface area contributed by atoms with Gasteiger partial charge in [-0.05, 0) is 42.2 Å². The van der Waals surface area contributed by atoms with E-state index in [0.29, 0.717) is 5.92 Å². The van der Waals surface area contributed by atoms with Crippen molar-refractivity contribution in [3.63, 3.8) is 0 Å². The molecule has 1 aromatic heterocycles. The van der Waals surface area contributed by atoms with Gasteiger partial charge in [-0.2, -0.15) is 0 Å². The van der Waals surface area contributed by atoms with Gasteiger partial charge in [-0.1, -0.05) is 26.0 Å². The van der Waals surface area contributed by atoms with Gasteiger partial charge in [-0.3, -0.25) is 0 Å². The quantitative estimate of drug-likeness (QED) is 0.691. The molecule has 0 aliphatic rings. The molecule has 2 aromatic rings. The lowest BCUT2D eigenvalue weighted by atomic mass is 9.99. The summed E-state index contributed by atoms with van der Waals surface area (Å²) in [5.41, 5.74) is 4.01. The summed E-state index contributed by atoms with van der Waals surface area (Å²) in [6.45, 7) is 6.60. The van der Waals surface area contributed by atoms with Crippen LogP contribution < -0.4 is 0 Å². The second kappa shape index (κ2) is 3.93.